The van der Waals surface area contributed by atoms with Crippen LogP contribution in [0.1, 0.15) is 39.0 Å². The molecule has 0 spiro atoms. The Morgan fingerprint density at radius 3 is 2.50 bits per heavy atom. The predicted molar refractivity (Wildman–Crippen MR) is 62.8 cm³/mol. The largest absolute Gasteiger partial charge is 0.475 e. The van der Waals surface area contributed by atoms with Gasteiger partial charge in [0.1, 0.15) is 0 Å². The Hall–Kier alpha value is -0.745. The number of likely N-dealkylation sites (tertiary alicyclic amines) is 1. The summed E-state index contributed by atoms with van der Waals surface area (Å²) in [4.78, 5) is 13.5. The maximum atomic E-state index is 11.8. The van der Waals surface area contributed by atoms with Gasteiger partial charge in [-0.05, 0) is 25.7 Å². The Kier molecular flexibility index (Phi) is 5.62. The topological polar surface area (TPSA) is 72.8 Å². The smallest absolute Gasteiger partial charge is 0.426 e. The van der Waals surface area contributed by atoms with Crippen molar-refractivity contribution in [1.82, 2.24) is 10.2 Å². The maximum absolute atomic E-state index is 11.8. The molecule has 1 saturated heterocycles. The van der Waals surface area contributed by atoms with Gasteiger partial charge in [0.25, 0.3) is 0 Å². The molecule has 92 valence electrons. The highest BCUT2D eigenvalue weighted by atomic mass is 16.4. The van der Waals surface area contributed by atoms with Crippen molar-refractivity contribution in [3.8, 4) is 0 Å². The van der Waals surface area contributed by atoms with Crippen LogP contribution < -0.4 is 5.32 Å². The van der Waals surface area contributed by atoms with Gasteiger partial charge in [0.2, 0.25) is 0 Å². The summed E-state index contributed by atoms with van der Waals surface area (Å²) in [5.74, 6) is -0.556. The number of amides is 2. The van der Waals surface area contributed by atoms with Crippen LogP contribution >= 0.6 is 0 Å². The van der Waals surface area contributed by atoms with Crippen LogP contribution in [0.2, 0.25) is 0 Å². The summed E-state index contributed by atoms with van der Waals surface area (Å²) in [7, 11) is -1.48. The molecule has 0 aliphatic carbocycles. The van der Waals surface area contributed by atoms with Gasteiger partial charge >= 0.3 is 13.1 Å². The SMILES string of the molecule is CCC[C@@H](NC(=O)N1CCCCC1)B(O)O. The summed E-state index contributed by atoms with van der Waals surface area (Å²) >= 11 is 0. The number of carbonyl (C=O) groups excluding carboxylic acids is 1. The van der Waals surface area contributed by atoms with Crippen LogP contribution in [0.5, 0.6) is 0 Å². The zero-order valence-corrected chi connectivity index (χ0v) is 9.85. The fourth-order valence-corrected chi connectivity index (χ4v) is 1.95. The minimum atomic E-state index is -1.48. The first-order chi connectivity index (χ1) is 7.65. The third kappa shape index (κ3) is 4.02. The molecule has 16 heavy (non-hydrogen) atoms. The molecule has 3 N–H and O–H groups in total. The van der Waals surface area contributed by atoms with Gasteiger partial charge in [0, 0.05) is 13.1 Å². The highest BCUT2D eigenvalue weighted by molar-refractivity contribution is 6.43. The van der Waals surface area contributed by atoms with Crippen LogP contribution in [0.15, 0.2) is 0 Å². The van der Waals surface area contributed by atoms with Crippen LogP contribution in [-0.4, -0.2) is 47.1 Å². The Balaban J connectivity index is 2.40. The summed E-state index contributed by atoms with van der Waals surface area (Å²) < 4.78 is 0. The van der Waals surface area contributed by atoms with E-state index in [0.29, 0.717) is 6.42 Å². The molecular formula is C10H21BN2O3. The first-order valence-electron chi connectivity index (χ1n) is 6.06. The quantitative estimate of drug-likeness (QED) is 0.608. The van der Waals surface area contributed by atoms with Crippen LogP contribution in [0.3, 0.4) is 0 Å². The van der Waals surface area contributed by atoms with E-state index in [2.05, 4.69) is 5.32 Å². The summed E-state index contributed by atoms with van der Waals surface area (Å²) in [5.41, 5.74) is 0. The number of nitrogens with one attached hydrogen (secondary N) is 1. The number of hydrogen-bond donors (Lipinski definition) is 3. The van der Waals surface area contributed by atoms with E-state index in [1.165, 1.54) is 6.42 Å². The molecule has 1 aliphatic heterocycles. The molecule has 2 amide bonds. The van der Waals surface area contributed by atoms with E-state index < -0.39 is 13.1 Å². The third-order valence-corrected chi connectivity index (χ3v) is 2.91. The van der Waals surface area contributed by atoms with Gasteiger partial charge in [-0.1, -0.05) is 13.3 Å². The molecular weight excluding hydrogens is 207 g/mol. The van der Waals surface area contributed by atoms with Gasteiger partial charge in [-0.2, -0.15) is 0 Å². The molecule has 1 aliphatic rings. The zero-order chi connectivity index (χ0) is 12.0. The average Bonchev–Trinajstić information content (AvgIpc) is 2.29. The molecule has 0 radical (unpaired) electrons. The van der Waals surface area contributed by atoms with Crippen molar-refractivity contribution in [3.63, 3.8) is 0 Å². The third-order valence-electron chi connectivity index (χ3n) is 2.91. The second-order valence-electron chi connectivity index (χ2n) is 4.31. The molecule has 6 heteroatoms. The van der Waals surface area contributed by atoms with Crippen molar-refractivity contribution in [2.75, 3.05) is 13.1 Å². The van der Waals surface area contributed by atoms with Gasteiger partial charge in [0.05, 0.1) is 5.94 Å². The lowest BCUT2D eigenvalue weighted by molar-refractivity contribution is 0.183. The van der Waals surface area contributed by atoms with E-state index in [-0.39, 0.29) is 6.03 Å². The maximum Gasteiger partial charge on any atom is 0.475 e. The minimum Gasteiger partial charge on any atom is -0.426 e. The summed E-state index contributed by atoms with van der Waals surface area (Å²) in [6.07, 6.45) is 4.63. The van der Waals surface area contributed by atoms with Crippen LogP contribution in [0, 0.1) is 0 Å². The number of hydrogen-bond acceptors (Lipinski definition) is 3. The summed E-state index contributed by atoms with van der Waals surface area (Å²) in [6, 6.07) is -0.175. The average molecular weight is 228 g/mol. The molecule has 0 aromatic carbocycles. The zero-order valence-electron chi connectivity index (χ0n) is 9.85. The van der Waals surface area contributed by atoms with E-state index in [1.807, 2.05) is 6.92 Å². The van der Waals surface area contributed by atoms with Gasteiger partial charge in [-0.3, -0.25) is 0 Å². The molecule has 0 aromatic rings. The highest BCUT2D eigenvalue weighted by Crippen LogP contribution is 2.09. The number of carbonyl (C=O) groups is 1. The molecule has 1 rings (SSSR count). The number of urea groups is 1. The first-order valence-corrected chi connectivity index (χ1v) is 6.06. The molecule has 1 atom stereocenters. The van der Waals surface area contributed by atoms with Crippen LogP contribution in [0.4, 0.5) is 4.79 Å². The monoisotopic (exact) mass is 228 g/mol. The molecule has 0 saturated carbocycles. The Morgan fingerprint density at radius 1 is 1.38 bits per heavy atom. The Morgan fingerprint density at radius 2 is 2.00 bits per heavy atom. The van der Waals surface area contributed by atoms with E-state index in [1.54, 1.807) is 4.90 Å². The molecule has 1 heterocycles. The lowest BCUT2D eigenvalue weighted by atomic mass is 9.77. The lowest BCUT2D eigenvalue weighted by Crippen LogP contribution is -2.52. The van der Waals surface area contributed by atoms with Crippen molar-refractivity contribution >= 4 is 13.1 Å². The highest BCUT2D eigenvalue weighted by Gasteiger charge is 2.26. The lowest BCUT2D eigenvalue weighted by Gasteiger charge is -2.29. The van der Waals surface area contributed by atoms with Crippen molar-refractivity contribution < 1.29 is 14.8 Å². The molecule has 0 aromatic heterocycles. The second-order valence-corrected chi connectivity index (χ2v) is 4.31. The Labute approximate surface area is 97.0 Å². The van der Waals surface area contributed by atoms with Gasteiger partial charge in [0.15, 0.2) is 0 Å². The molecule has 0 unspecified atom stereocenters. The standard InChI is InChI=1S/C10H21BN2O3/c1-2-6-9(11(15)16)12-10(14)13-7-4-3-5-8-13/h9,15-16H,2-8H2,1H3,(H,12,14)/t9-/m1/s1. The van der Waals surface area contributed by atoms with Crippen molar-refractivity contribution in [2.45, 2.75) is 45.0 Å². The summed E-state index contributed by atoms with van der Waals surface area (Å²) in [6.45, 7) is 3.49. The fraction of sp³-hybridized carbons (Fsp3) is 0.900. The first kappa shape index (κ1) is 13.3. The van der Waals surface area contributed by atoms with E-state index in [9.17, 15) is 4.79 Å². The predicted octanol–water partition coefficient (Wildman–Crippen LogP) is 0.363. The van der Waals surface area contributed by atoms with E-state index >= 15 is 0 Å². The van der Waals surface area contributed by atoms with Crippen molar-refractivity contribution in [3.05, 3.63) is 0 Å². The van der Waals surface area contributed by atoms with Crippen LogP contribution in [0.25, 0.3) is 0 Å². The van der Waals surface area contributed by atoms with Gasteiger partial charge in [-0.15, -0.1) is 0 Å². The number of rotatable bonds is 4. The number of piperidine rings is 1. The fourth-order valence-electron chi connectivity index (χ4n) is 1.95. The van der Waals surface area contributed by atoms with Crippen LogP contribution in [-0.2, 0) is 0 Å². The summed E-state index contributed by atoms with van der Waals surface area (Å²) in [5, 5.41) is 20.9. The molecule has 0 bridgehead atoms. The molecule has 5 nitrogen and oxygen atoms in total. The molecule has 1 fully saturated rings. The minimum absolute atomic E-state index is 0.175. The van der Waals surface area contributed by atoms with Gasteiger partial charge in [-0.25, -0.2) is 4.79 Å². The van der Waals surface area contributed by atoms with Crippen molar-refractivity contribution in [2.24, 2.45) is 0 Å². The van der Waals surface area contributed by atoms with E-state index in [0.717, 1.165) is 32.4 Å². The number of nitrogens with zero attached hydrogens (tertiary/aromatic N) is 1. The van der Waals surface area contributed by atoms with Gasteiger partial charge < -0.3 is 20.3 Å². The Bertz CT molecular complexity index is 220. The van der Waals surface area contributed by atoms with Crippen molar-refractivity contribution in [1.29, 1.82) is 0 Å². The van der Waals surface area contributed by atoms with E-state index in [4.69, 9.17) is 10.0 Å². The normalized spacial score (nSPS) is 18.1. The second kappa shape index (κ2) is 6.76.